The number of carbonyl (C=O) groups is 2. The van der Waals surface area contributed by atoms with Crippen molar-refractivity contribution < 1.29 is 27.9 Å². The minimum Gasteiger partial charge on any atom is -0.478 e. The molecule has 0 saturated heterocycles. The van der Waals surface area contributed by atoms with Crippen LogP contribution in [0.5, 0.6) is 0 Å². The number of carboxylic acid groups (broad SMARTS) is 1. The quantitative estimate of drug-likeness (QED) is 0.678. The van der Waals surface area contributed by atoms with Crippen molar-refractivity contribution >= 4 is 11.9 Å². The fraction of sp³-hybridized carbons (Fsp3) is 0.739. The van der Waals surface area contributed by atoms with Crippen LogP contribution in [0.1, 0.15) is 58.8 Å². The Hall–Kier alpha value is -1.79. The van der Waals surface area contributed by atoms with Gasteiger partial charge < -0.3 is 10.4 Å². The van der Waals surface area contributed by atoms with Crippen LogP contribution in [0.15, 0.2) is 23.3 Å². The van der Waals surface area contributed by atoms with Gasteiger partial charge in [0.15, 0.2) is 0 Å². The molecule has 0 heterocycles. The highest BCUT2D eigenvalue weighted by Gasteiger charge is 2.59. The number of fused-ring (bicyclic) bond motifs is 5. The predicted octanol–water partition coefficient (Wildman–Crippen LogP) is 4.86. The molecule has 6 atom stereocenters. The molecule has 166 valence electrons. The first-order valence-corrected chi connectivity index (χ1v) is 10.9. The summed E-state index contributed by atoms with van der Waals surface area (Å²) >= 11 is 0. The molecule has 4 aliphatic rings. The van der Waals surface area contributed by atoms with Gasteiger partial charge in [-0.3, -0.25) is 4.79 Å². The standard InChI is InChI=1S/C23H30F3NO3/c1-21-9-7-13(20(29)30)11-14(21)3-4-15-16-5-6-18(19(28)27-12-23(24,25)26)22(16,2)10-8-17(15)21/h3,11,15-18H,4-10,12H2,1-2H3,(H,27,28)(H,29,30)/t15-,16-,17-,18+,21-,22-/m0/s1. The second-order valence-corrected chi connectivity index (χ2v) is 10.2. The number of nitrogens with one attached hydrogen (secondary N) is 1. The van der Waals surface area contributed by atoms with Gasteiger partial charge in [0.2, 0.25) is 5.91 Å². The minimum absolute atomic E-state index is 0.0557. The van der Waals surface area contributed by atoms with Gasteiger partial charge in [-0.2, -0.15) is 13.2 Å². The Morgan fingerprint density at radius 2 is 1.90 bits per heavy atom. The third-order valence-corrected chi connectivity index (χ3v) is 8.82. The number of carbonyl (C=O) groups excluding carboxylic acids is 1. The SMILES string of the molecule is C[C@]12CC[C@H]3[C@@H](CC=C4C=C(C(=O)O)CC[C@@]43C)[C@@H]1CC[C@@H]2C(=O)NCC(F)(F)F. The second kappa shape index (κ2) is 7.13. The second-order valence-electron chi connectivity index (χ2n) is 10.2. The van der Waals surface area contributed by atoms with Crippen molar-refractivity contribution in [3.8, 4) is 0 Å². The summed E-state index contributed by atoms with van der Waals surface area (Å²) in [5, 5.41) is 11.5. The van der Waals surface area contributed by atoms with Crippen LogP contribution in [-0.2, 0) is 9.59 Å². The average molecular weight is 425 g/mol. The number of carboxylic acids is 1. The van der Waals surface area contributed by atoms with Crippen molar-refractivity contribution in [3.05, 3.63) is 23.3 Å². The number of hydrogen-bond acceptors (Lipinski definition) is 2. The third-order valence-electron chi connectivity index (χ3n) is 8.82. The molecule has 2 N–H and O–H groups in total. The van der Waals surface area contributed by atoms with Gasteiger partial charge in [-0.05, 0) is 85.2 Å². The van der Waals surface area contributed by atoms with E-state index in [1.807, 2.05) is 6.08 Å². The van der Waals surface area contributed by atoms with Crippen molar-refractivity contribution in [2.75, 3.05) is 6.54 Å². The molecule has 0 aliphatic heterocycles. The van der Waals surface area contributed by atoms with E-state index >= 15 is 0 Å². The molecule has 4 nitrogen and oxygen atoms in total. The molecule has 0 aromatic heterocycles. The van der Waals surface area contributed by atoms with Gasteiger partial charge in [0, 0.05) is 11.5 Å². The first-order chi connectivity index (χ1) is 14.0. The van der Waals surface area contributed by atoms with E-state index in [9.17, 15) is 27.9 Å². The van der Waals surface area contributed by atoms with Crippen LogP contribution in [0.25, 0.3) is 0 Å². The largest absolute Gasteiger partial charge is 0.478 e. The van der Waals surface area contributed by atoms with Crippen molar-refractivity contribution in [3.63, 3.8) is 0 Å². The Kier molecular flexibility index (Phi) is 5.09. The zero-order valence-corrected chi connectivity index (χ0v) is 17.5. The molecule has 0 aromatic carbocycles. The minimum atomic E-state index is -4.39. The zero-order valence-electron chi connectivity index (χ0n) is 17.5. The summed E-state index contributed by atoms with van der Waals surface area (Å²) in [7, 11) is 0. The van der Waals surface area contributed by atoms with Gasteiger partial charge in [0.1, 0.15) is 6.54 Å². The number of rotatable bonds is 3. The van der Waals surface area contributed by atoms with Crippen LogP contribution in [0.3, 0.4) is 0 Å². The monoisotopic (exact) mass is 425 g/mol. The molecule has 2 saturated carbocycles. The van der Waals surface area contributed by atoms with E-state index in [1.54, 1.807) is 0 Å². The Balaban J connectivity index is 1.55. The van der Waals surface area contributed by atoms with E-state index < -0.39 is 24.6 Å². The smallest absolute Gasteiger partial charge is 0.405 e. The molecular formula is C23H30F3NO3. The summed E-state index contributed by atoms with van der Waals surface area (Å²) in [5.74, 6) is -0.524. The van der Waals surface area contributed by atoms with E-state index in [-0.39, 0.29) is 16.7 Å². The van der Waals surface area contributed by atoms with Crippen LogP contribution in [0.4, 0.5) is 13.2 Å². The Morgan fingerprint density at radius 3 is 2.57 bits per heavy atom. The first kappa shape index (κ1) is 21.4. The molecule has 7 heteroatoms. The summed E-state index contributed by atoms with van der Waals surface area (Å²) < 4.78 is 37.7. The normalized spacial score (nSPS) is 40.4. The van der Waals surface area contributed by atoms with Crippen LogP contribution in [-0.4, -0.2) is 29.7 Å². The predicted molar refractivity (Wildman–Crippen MR) is 105 cm³/mol. The maximum absolute atomic E-state index is 12.6. The van der Waals surface area contributed by atoms with Gasteiger partial charge >= 0.3 is 12.1 Å². The van der Waals surface area contributed by atoms with Crippen LogP contribution >= 0.6 is 0 Å². The average Bonchev–Trinajstić information content (AvgIpc) is 3.02. The molecule has 0 bridgehead atoms. The van der Waals surface area contributed by atoms with Crippen molar-refractivity contribution in [1.82, 2.24) is 5.32 Å². The van der Waals surface area contributed by atoms with Crippen LogP contribution < -0.4 is 5.32 Å². The van der Waals surface area contributed by atoms with Crippen molar-refractivity contribution in [2.24, 2.45) is 34.5 Å². The number of halogens is 3. The molecule has 0 aromatic rings. The maximum atomic E-state index is 12.6. The van der Waals surface area contributed by atoms with E-state index in [1.165, 1.54) is 0 Å². The highest BCUT2D eigenvalue weighted by Crippen LogP contribution is 2.66. The lowest BCUT2D eigenvalue weighted by atomic mass is 9.48. The van der Waals surface area contributed by atoms with Crippen molar-refractivity contribution in [1.29, 1.82) is 0 Å². The first-order valence-electron chi connectivity index (χ1n) is 10.9. The number of alkyl halides is 3. The molecule has 0 radical (unpaired) electrons. The number of allylic oxidation sites excluding steroid dienone is 3. The Morgan fingerprint density at radius 1 is 1.17 bits per heavy atom. The van der Waals surface area contributed by atoms with E-state index in [2.05, 4.69) is 25.2 Å². The summed E-state index contributed by atoms with van der Waals surface area (Å²) in [6.45, 7) is 3.08. The Bertz CT molecular complexity index is 817. The molecule has 0 spiro atoms. The van der Waals surface area contributed by atoms with Gasteiger partial charge in [-0.15, -0.1) is 0 Å². The van der Waals surface area contributed by atoms with Crippen LogP contribution in [0, 0.1) is 34.5 Å². The zero-order chi connectivity index (χ0) is 21.9. The molecule has 2 fully saturated rings. The number of aliphatic carboxylic acids is 1. The van der Waals surface area contributed by atoms with Gasteiger partial charge in [0.25, 0.3) is 0 Å². The Labute approximate surface area is 175 Å². The van der Waals surface area contributed by atoms with Gasteiger partial charge in [0.05, 0.1) is 0 Å². The van der Waals surface area contributed by atoms with Crippen LogP contribution in [0.2, 0.25) is 0 Å². The molecule has 0 unspecified atom stereocenters. The third kappa shape index (κ3) is 3.38. The fourth-order valence-corrected chi connectivity index (χ4v) is 7.24. The van der Waals surface area contributed by atoms with Gasteiger partial charge in [-0.25, -0.2) is 4.79 Å². The highest BCUT2D eigenvalue weighted by atomic mass is 19.4. The van der Waals surface area contributed by atoms with E-state index in [0.717, 1.165) is 37.7 Å². The number of hydrogen-bond donors (Lipinski definition) is 2. The van der Waals surface area contributed by atoms with E-state index in [4.69, 9.17) is 0 Å². The van der Waals surface area contributed by atoms with Crippen molar-refractivity contribution in [2.45, 2.75) is 65.0 Å². The summed E-state index contributed by atoms with van der Waals surface area (Å²) in [6.07, 6.45) is 5.18. The van der Waals surface area contributed by atoms with E-state index in [0.29, 0.717) is 36.2 Å². The molecule has 1 amide bonds. The lowest BCUT2D eigenvalue weighted by molar-refractivity contribution is -0.144. The number of amides is 1. The molecule has 4 rings (SSSR count). The molecular weight excluding hydrogens is 395 g/mol. The topological polar surface area (TPSA) is 66.4 Å². The fourth-order valence-electron chi connectivity index (χ4n) is 7.24. The summed E-state index contributed by atoms with van der Waals surface area (Å²) in [4.78, 5) is 24.0. The lowest BCUT2D eigenvalue weighted by Crippen LogP contribution is -2.51. The maximum Gasteiger partial charge on any atom is 0.405 e. The lowest BCUT2D eigenvalue weighted by Gasteiger charge is -2.56. The summed E-state index contributed by atoms with van der Waals surface area (Å²) in [5.41, 5.74) is 1.28. The molecule has 4 aliphatic carbocycles. The molecule has 30 heavy (non-hydrogen) atoms. The highest BCUT2D eigenvalue weighted by molar-refractivity contribution is 5.87. The summed E-state index contributed by atoms with van der Waals surface area (Å²) in [6, 6.07) is 0. The van der Waals surface area contributed by atoms with Gasteiger partial charge in [-0.1, -0.05) is 19.9 Å².